The van der Waals surface area contributed by atoms with Crippen LogP contribution >= 0.6 is 0 Å². The zero-order valence-electron chi connectivity index (χ0n) is 16.7. The Morgan fingerprint density at radius 1 is 1.16 bits per heavy atom. The van der Waals surface area contributed by atoms with Gasteiger partial charge in [0.25, 0.3) is 0 Å². The number of halogens is 1. The molecule has 160 valence electrons. The number of benzene rings is 2. The largest absolute Gasteiger partial charge is 0.459 e. The molecule has 1 aliphatic rings. The summed E-state index contributed by atoms with van der Waals surface area (Å²) in [7, 11) is -3.37. The minimum Gasteiger partial charge on any atom is -0.459 e. The van der Waals surface area contributed by atoms with E-state index in [1.165, 1.54) is 23.4 Å². The summed E-state index contributed by atoms with van der Waals surface area (Å²) in [6.07, 6.45) is 1.83. The number of carbonyl (C=O) groups is 1. The number of nitrogens with one attached hydrogen (secondary N) is 1. The summed E-state index contributed by atoms with van der Waals surface area (Å²) in [4.78, 5) is 13.0. The topological polar surface area (TPSA) is 92.0 Å². The number of furan rings is 1. The van der Waals surface area contributed by atoms with Gasteiger partial charge >= 0.3 is 5.91 Å². The fourth-order valence-electron chi connectivity index (χ4n) is 3.31. The van der Waals surface area contributed by atoms with Gasteiger partial charge in [-0.2, -0.15) is 5.10 Å². The maximum atomic E-state index is 13.4. The Bertz CT molecular complexity index is 1200. The van der Waals surface area contributed by atoms with Crippen molar-refractivity contribution in [2.45, 2.75) is 19.4 Å². The Hall–Kier alpha value is -3.46. The number of amides is 1. The first-order valence-electron chi connectivity index (χ1n) is 9.67. The molecule has 3 aromatic rings. The van der Waals surface area contributed by atoms with Gasteiger partial charge in [0.1, 0.15) is 5.82 Å². The summed E-state index contributed by atoms with van der Waals surface area (Å²) in [5, 5.41) is 5.87. The van der Waals surface area contributed by atoms with Gasteiger partial charge in [0.05, 0.1) is 23.8 Å². The lowest BCUT2D eigenvalue weighted by Crippen LogP contribution is -2.26. The zero-order chi connectivity index (χ0) is 22.0. The lowest BCUT2D eigenvalue weighted by atomic mass is 9.98. The second-order valence-electron chi connectivity index (χ2n) is 7.03. The SMILES string of the molecule is CCS(=O)(=O)Nc1ccc(C2=NN(C(=O)c3ccco3)[C@@H](c3ccc(F)cc3)C2)cc1. The predicted molar refractivity (Wildman–Crippen MR) is 115 cm³/mol. The Morgan fingerprint density at radius 2 is 1.87 bits per heavy atom. The molecule has 0 bridgehead atoms. The fraction of sp³-hybridized carbons (Fsp3) is 0.182. The number of hydrogen-bond donors (Lipinski definition) is 1. The molecule has 0 unspecified atom stereocenters. The van der Waals surface area contributed by atoms with Gasteiger partial charge in [0.15, 0.2) is 5.76 Å². The molecule has 7 nitrogen and oxygen atoms in total. The van der Waals surface area contributed by atoms with Crippen molar-refractivity contribution in [2.75, 3.05) is 10.5 Å². The third kappa shape index (κ3) is 4.51. The molecule has 1 N–H and O–H groups in total. The highest BCUT2D eigenvalue weighted by Crippen LogP contribution is 2.34. The van der Waals surface area contributed by atoms with Gasteiger partial charge in [-0.25, -0.2) is 17.8 Å². The smallest absolute Gasteiger partial charge is 0.310 e. The van der Waals surface area contributed by atoms with Crippen LogP contribution in [0.25, 0.3) is 0 Å². The van der Waals surface area contributed by atoms with E-state index in [1.54, 1.807) is 55.5 Å². The second kappa shape index (κ2) is 8.35. The number of hydrazone groups is 1. The second-order valence-corrected chi connectivity index (χ2v) is 9.04. The average Bonchev–Trinajstić information content (AvgIpc) is 3.45. The Kier molecular flexibility index (Phi) is 5.60. The minimum absolute atomic E-state index is 0.0232. The molecule has 2 aromatic carbocycles. The Labute approximate surface area is 179 Å². The van der Waals surface area contributed by atoms with Gasteiger partial charge in [-0.15, -0.1) is 0 Å². The molecular weight excluding hydrogens is 421 g/mol. The molecule has 0 aliphatic carbocycles. The van der Waals surface area contributed by atoms with Crippen molar-refractivity contribution in [3.05, 3.63) is 89.6 Å². The van der Waals surface area contributed by atoms with Crippen LogP contribution in [-0.2, 0) is 10.0 Å². The molecular formula is C22H20FN3O4S. The predicted octanol–water partition coefficient (Wildman–Crippen LogP) is 4.17. The summed E-state index contributed by atoms with van der Waals surface area (Å²) >= 11 is 0. The molecule has 1 atom stereocenters. The van der Waals surface area contributed by atoms with Crippen LogP contribution in [0.3, 0.4) is 0 Å². The zero-order valence-corrected chi connectivity index (χ0v) is 17.5. The maximum Gasteiger partial charge on any atom is 0.310 e. The van der Waals surface area contributed by atoms with Crippen molar-refractivity contribution in [2.24, 2.45) is 5.10 Å². The highest BCUT2D eigenvalue weighted by Gasteiger charge is 2.34. The van der Waals surface area contributed by atoms with Crippen molar-refractivity contribution < 1.29 is 22.0 Å². The standard InChI is InChI=1S/C22H20FN3O4S/c1-2-31(28,29)25-18-11-7-15(8-12-18)19-14-20(16-5-9-17(23)10-6-16)26(24-19)22(27)21-4-3-13-30-21/h3-13,20,25H,2,14H2,1H3/t20-/m1/s1. The monoisotopic (exact) mass is 441 g/mol. The van der Waals surface area contributed by atoms with Crippen LogP contribution in [0.2, 0.25) is 0 Å². The van der Waals surface area contributed by atoms with E-state index in [4.69, 9.17) is 4.42 Å². The number of hydrogen-bond acceptors (Lipinski definition) is 5. The molecule has 0 saturated carbocycles. The summed E-state index contributed by atoms with van der Waals surface area (Å²) in [6.45, 7) is 1.56. The van der Waals surface area contributed by atoms with E-state index < -0.39 is 22.0 Å². The minimum atomic E-state index is -3.37. The quantitative estimate of drug-likeness (QED) is 0.621. The molecule has 31 heavy (non-hydrogen) atoms. The van der Waals surface area contributed by atoms with Gasteiger partial charge < -0.3 is 4.42 Å². The first-order valence-corrected chi connectivity index (χ1v) is 11.3. The Morgan fingerprint density at radius 3 is 2.48 bits per heavy atom. The number of sulfonamides is 1. The van der Waals surface area contributed by atoms with Gasteiger partial charge in [-0.05, 0) is 54.4 Å². The summed E-state index contributed by atoms with van der Waals surface area (Å²) in [6, 6.07) is 15.5. The van der Waals surface area contributed by atoms with E-state index in [9.17, 15) is 17.6 Å². The normalized spacial score (nSPS) is 16.3. The first kappa shape index (κ1) is 20.8. The first-order chi connectivity index (χ1) is 14.9. The molecule has 1 aromatic heterocycles. The molecule has 0 radical (unpaired) electrons. The molecule has 1 aliphatic heterocycles. The van der Waals surface area contributed by atoms with Gasteiger partial charge in [-0.3, -0.25) is 9.52 Å². The highest BCUT2D eigenvalue weighted by molar-refractivity contribution is 7.92. The van der Waals surface area contributed by atoms with Crippen LogP contribution in [0, 0.1) is 5.82 Å². The molecule has 0 saturated heterocycles. The van der Waals surface area contributed by atoms with Gasteiger partial charge in [0.2, 0.25) is 10.0 Å². The van der Waals surface area contributed by atoms with Crippen LogP contribution in [0.1, 0.15) is 41.1 Å². The molecule has 4 rings (SSSR count). The maximum absolute atomic E-state index is 13.4. The van der Waals surface area contributed by atoms with E-state index in [0.717, 1.165) is 11.1 Å². The summed E-state index contributed by atoms with van der Waals surface area (Å²) in [5.41, 5.74) is 2.59. The van der Waals surface area contributed by atoms with Crippen molar-refractivity contribution in [1.29, 1.82) is 0 Å². The molecule has 2 heterocycles. The molecule has 0 fully saturated rings. The van der Waals surface area contributed by atoms with Crippen molar-refractivity contribution in [3.8, 4) is 0 Å². The van der Waals surface area contributed by atoms with E-state index in [1.807, 2.05) is 0 Å². The van der Waals surface area contributed by atoms with Crippen molar-refractivity contribution >= 4 is 27.3 Å². The van der Waals surface area contributed by atoms with E-state index in [0.29, 0.717) is 17.8 Å². The van der Waals surface area contributed by atoms with Crippen LogP contribution in [0.15, 0.2) is 76.4 Å². The van der Waals surface area contributed by atoms with Gasteiger partial charge in [-0.1, -0.05) is 24.3 Å². The number of nitrogens with zero attached hydrogens (tertiary/aromatic N) is 2. The van der Waals surface area contributed by atoms with Crippen molar-refractivity contribution in [1.82, 2.24) is 5.01 Å². The third-order valence-electron chi connectivity index (χ3n) is 4.98. The van der Waals surface area contributed by atoms with E-state index in [-0.39, 0.29) is 17.3 Å². The highest BCUT2D eigenvalue weighted by atomic mass is 32.2. The van der Waals surface area contributed by atoms with Crippen LogP contribution in [0.5, 0.6) is 0 Å². The molecule has 0 spiro atoms. The fourth-order valence-corrected chi connectivity index (χ4v) is 3.95. The molecule has 9 heteroatoms. The van der Waals surface area contributed by atoms with Crippen LogP contribution < -0.4 is 4.72 Å². The summed E-state index contributed by atoms with van der Waals surface area (Å²) in [5.74, 6) is -0.634. The average molecular weight is 441 g/mol. The van der Waals surface area contributed by atoms with Crippen LogP contribution in [0.4, 0.5) is 10.1 Å². The van der Waals surface area contributed by atoms with E-state index >= 15 is 0 Å². The van der Waals surface area contributed by atoms with Crippen molar-refractivity contribution in [3.63, 3.8) is 0 Å². The third-order valence-corrected chi connectivity index (χ3v) is 6.28. The Balaban J connectivity index is 1.64. The van der Waals surface area contributed by atoms with Crippen LogP contribution in [-0.4, -0.2) is 30.8 Å². The lowest BCUT2D eigenvalue weighted by Gasteiger charge is -2.21. The number of rotatable bonds is 6. The number of anilines is 1. The summed E-state index contributed by atoms with van der Waals surface area (Å²) < 4.78 is 44.6. The number of carbonyl (C=O) groups excluding carboxylic acids is 1. The molecule has 1 amide bonds. The van der Waals surface area contributed by atoms with Gasteiger partial charge in [0, 0.05) is 12.1 Å². The van der Waals surface area contributed by atoms with E-state index in [2.05, 4.69) is 9.82 Å². The lowest BCUT2D eigenvalue weighted by molar-refractivity contribution is 0.0678.